The molecule has 1 aliphatic rings. The van der Waals surface area contributed by atoms with Gasteiger partial charge in [0.1, 0.15) is 17.5 Å². The van der Waals surface area contributed by atoms with E-state index in [0.29, 0.717) is 18.1 Å². The monoisotopic (exact) mass is 484 g/mol. The lowest BCUT2D eigenvalue weighted by atomic mass is 9.95. The van der Waals surface area contributed by atoms with Gasteiger partial charge in [0, 0.05) is 18.3 Å². The third-order valence-corrected chi connectivity index (χ3v) is 7.25. The Kier molecular flexibility index (Phi) is 10.1. The number of methoxy groups -OCH3 is 2. The minimum Gasteiger partial charge on any atom is -0.497 e. The number of hydrogen-bond acceptors (Lipinski definition) is 5. The number of thioether (sulfide) groups is 1. The van der Waals surface area contributed by atoms with Gasteiger partial charge in [0.25, 0.3) is 0 Å². The summed E-state index contributed by atoms with van der Waals surface area (Å²) in [6, 6.07) is 15.2. The maximum atomic E-state index is 13.3. The molecule has 7 heteroatoms. The lowest BCUT2D eigenvalue weighted by Crippen LogP contribution is -2.50. The van der Waals surface area contributed by atoms with Crippen molar-refractivity contribution in [3.8, 4) is 11.5 Å². The molecule has 0 aromatic heterocycles. The smallest absolute Gasteiger partial charge is 0.242 e. The van der Waals surface area contributed by atoms with Crippen LogP contribution >= 0.6 is 11.8 Å². The van der Waals surface area contributed by atoms with Gasteiger partial charge in [-0.1, -0.05) is 43.5 Å². The maximum Gasteiger partial charge on any atom is 0.242 e. The Morgan fingerprint density at radius 1 is 1.00 bits per heavy atom. The van der Waals surface area contributed by atoms with Gasteiger partial charge in [-0.3, -0.25) is 9.59 Å². The van der Waals surface area contributed by atoms with Crippen molar-refractivity contribution in [1.82, 2.24) is 10.2 Å². The van der Waals surface area contributed by atoms with Crippen LogP contribution in [-0.4, -0.2) is 48.8 Å². The first kappa shape index (κ1) is 25.9. The summed E-state index contributed by atoms with van der Waals surface area (Å²) in [4.78, 5) is 28.1. The maximum absolute atomic E-state index is 13.3. The molecule has 34 heavy (non-hydrogen) atoms. The van der Waals surface area contributed by atoms with Gasteiger partial charge in [0.2, 0.25) is 11.8 Å². The van der Waals surface area contributed by atoms with E-state index >= 15 is 0 Å². The normalized spacial score (nSPS) is 14.8. The van der Waals surface area contributed by atoms with E-state index in [2.05, 4.69) is 5.32 Å². The fraction of sp³-hybridized carbons (Fsp3) is 0.481. The molecule has 2 aromatic carbocycles. The van der Waals surface area contributed by atoms with Crippen LogP contribution in [0.1, 0.15) is 50.2 Å². The van der Waals surface area contributed by atoms with E-state index in [1.54, 1.807) is 30.9 Å². The molecule has 2 aromatic rings. The summed E-state index contributed by atoms with van der Waals surface area (Å²) < 4.78 is 10.5. The number of carbonyl (C=O) groups is 2. The zero-order valence-corrected chi connectivity index (χ0v) is 21.2. The summed E-state index contributed by atoms with van der Waals surface area (Å²) in [6.45, 7) is 2.18. The largest absolute Gasteiger partial charge is 0.497 e. The SMILES string of the molecule is COc1ccc(CSCC(=O)N(Cc2cccc(OC)c2)[C@@H](C)C(=O)NC2CCCCC2)cc1. The molecule has 1 atom stereocenters. The quantitative estimate of drug-likeness (QED) is 0.496. The minimum absolute atomic E-state index is 0.0485. The second kappa shape index (κ2) is 13.3. The first-order valence-electron chi connectivity index (χ1n) is 11.9. The summed E-state index contributed by atoms with van der Waals surface area (Å²) in [6.07, 6.45) is 5.55. The number of carbonyl (C=O) groups excluding carboxylic acids is 2. The van der Waals surface area contributed by atoms with Crippen molar-refractivity contribution >= 4 is 23.6 Å². The van der Waals surface area contributed by atoms with E-state index in [-0.39, 0.29) is 17.9 Å². The van der Waals surface area contributed by atoms with E-state index in [9.17, 15) is 9.59 Å². The second-order valence-corrected chi connectivity index (χ2v) is 9.72. The Labute approximate surface area is 207 Å². The molecule has 3 rings (SSSR count). The fourth-order valence-electron chi connectivity index (χ4n) is 4.18. The van der Waals surface area contributed by atoms with Crippen molar-refractivity contribution in [2.75, 3.05) is 20.0 Å². The zero-order chi connectivity index (χ0) is 24.3. The topological polar surface area (TPSA) is 67.9 Å². The fourth-order valence-corrected chi connectivity index (χ4v) is 5.05. The van der Waals surface area contributed by atoms with Crippen LogP contribution < -0.4 is 14.8 Å². The molecule has 1 saturated carbocycles. The predicted molar refractivity (Wildman–Crippen MR) is 137 cm³/mol. The van der Waals surface area contributed by atoms with E-state index < -0.39 is 6.04 Å². The third kappa shape index (κ3) is 7.69. The average molecular weight is 485 g/mol. The van der Waals surface area contributed by atoms with Gasteiger partial charge in [-0.25, -0.2) is 0 Å². The first-order chi connectivity index (χ1) is 16.5. The van der Waals surface area contributed by atoms with Crippen molar-refractivity contribution < 1.29 is 19.1 Å². The Balaban J connectivity index is 1.65. The number of hydrogen-bond donors (Lipinski definition) is 1. The minimum atomic E-state index is -0.554. The van der Waals surface area contributed by atoms with Crippen LogP contribution in [0.4, 0.5) is 0 Å². The van der Waals surface area contributed by atoms with Gasteiger partial charge in [-0.05, 0) is 55.2 Å². The lowest BCUT2D eigenvalue weighted by Gasteiger charge is -2.31. The number of nitrogens with one attached hydrogen (secondary N) is 1. The molecule has 0 unspecified atom stereocenters. The number of amides is 2. The summed E-state index contributed by atoms with van der Waals surface area (Å²) in [5.74, 6) is 2.43. The van der Waals surface area contributed by atoms with E-state index in [1.807, 2.05) is 55.5 Å². The Hall–Kier alpha value is -2.67. The number of rotatable bonds is 11. The van der Waals surface area contributed by atoms with Crippen LogP contribution in [0.5, 0.6) is 11.5 Å². The molecule has 1 N–H and O–H groups in total. The molecule has 0 aliphatic heterocycles. The molecular formula is C27H36N2O4S. The van der Waals surface area contributed by atoms with Crippen molar-refractivity contribution in [3.63, 3.8) is 0 Å². The Morgan fingerprint density at radius 3 is 2.38 bits per heavy atom. The molecule has 0 radical (unpaired) electrons. The molecular weight excluding hydrogens is 448 g/mol. The van der Waals surface area contributed by atoms with Gasteiger partial charge in [0.15, 0.2) is 0 Å². The van der Waals surface area contributed by atoms with Crippen LogP contribution in [0.25, 0.3) is 0 Å². The summed E-state index contributed by atoms with van der Waals surface area (Å²) in [7, 11) is 3.27. The highest BCUT2D eigenvalue weighted by Gasteiger charge is 2.28. The molecule has 1 aliphatic carbocycles. The Bertz CT molecular complexity index is 928. The van der Waals surface area contributed by atoms with Crippen molar-refractivity contribution in [2.45, 2.75) is 63.4 Å². The molecule has 0 bridgehead atoms. The first-order valence-corrected chi connectivity index (χ1v) is 13.1. The van der Waals surface area contributed by atoms with Crippen molar-refractivity contribution in [1.29, 1.82) is 0 Å². The molecule has 184 valence electrons. The zero-order valence-electron chi connectivity index (χ0n) is 20.4. The highest BCUT2D eigenvalue weighted by molar-refractivity contribution is 7.99. The van der Waals surface area contributed by atoms with Gasteiger partial charge < -0.3 is 19.7 Å². The van der Waals surface area contributed by atoms with Gasteiger partial charge in [-0.2, -0.15) is 0 Å². The van der Waals surface area contributed by atoms with Gasteiger partial charge >= 0.3 is 0 Å². The second-order valence-electron chi connectivity index (χ2n) is 8.73. The van der Waals surface area contributed by atoms with Crippen LogP contribution in [0.2, 0.25) is 0 Å². The van der Waals surface area contributed by atoms with Crippen LogP contribution in [-0.2, 0) is 21.9 Å². The molecule has 0 saturated heterocycles. The van der Waals surface area contributed by atoms with Gasteiger partial charge in [0.05, 0.1) is 20.0 Å². The molecule has 2 amide bonds. The van der Waals surface area contributed by atoms with E-state index in [1.165, 1.54) is 6.42 Å². The number of benzene rings is 2. The standard InChI is InChI=1S/C27H36N2O4S/c1-20(27(31)28-23-9-5-4-6-10-23)29(17-22-8-7-11-25(16-22)33-3)26(30)19-34-18-21-12-14-24(32-2)15-13-21/h7-8,11-16,20,23H,4-6,9-10,17-19H2,1-3H3,(H,28,31)/t20-/m0/s1. The summed E-state index contributed by atoms with van der Waals surface area (Å²) >= 11 is 1.55. The van der Waals surface area contributed by atoms with Crippen molar-refractivity contribution in [3.05, 3.63) is 59.7 Å². The molecule has 0 spiro atoms. The third-order valence-electron chi connectivity index (χ3n) is 6.26. The number of nitrogens with zero attached hydrogens (tertiary/aromatic N) is 1. The summed E-state index contributed by atoms with van der Waals surface area (Å²) in [5.41, 5.74) is 2.06. The van der Waals surface area contributed by atoms with Crippen molar-refractivity contribution in [2.24, 2.45) is 0 Å². The van der Waals surface area contributed by atoms with Crippen LogP contribution in [0.3, 0.4) is 0 Å². The van der Waals surface area contributed by atoms with Crippen LogP contribution in [0, 0.1) is 0 Å². The molecule has 0 heterocycles. The predicted octanol–water partition coefficient (Wildman–Crippen LogP) is 4.80. The molecule has 1 fully saturated rings. The van der Waals surface area contributed by atoms with E-state index in [4.69, 9.17) is 9.47 Å². The molecule has 6 nitrogen and oxygen atoms in total. The highest BCUT2D eigenvalue weighted by Crippen LogP contribution is 2.21. The Morgan fingerprint density at radius 2 is 1.71 bits per heavy atom. The van der Waals surface area contributed by atoms with E-state index in [0.717, 1.165) is 48.3 Å². The average Bonchev–Trinajstić information content (AvgIpc) is 2.88. The van der Waals surface area contributed by atoms with Gasteiger partial charge in [-0.15, -0.1) is 11.8 Å². The summed E-state index contributed by atoms with van der Waals surface area (Å²) in [5, 5.41) is 3.18. The highest BCUT2D eigenvalue weighted by atomic mass is 32.2. The number of ether oxygens (including phenoxy) is 2. The van der Waals surface area contributed by atoms with Crippen LogP contribution in [0.15, 0.2) is 48.5 Å². The lowest BCUT2D eigenvalue weighted by molar-refractivity contribution is -0.139.